The van der Waals surface area contributed by atoms with Gasteiger partial charge >= 0.3 is 0 Å². The van der Waals surface area contributed by atoms with Crippen LogP contribution in [0.2, 0.25) is 0 Å². The van der Waals surface area contributed by atoms with Crippen LogP contribution in [-0.4, -0.2) is 44.3 Å². The van der Waals surface area contributed by atoms with Crippen LogP contribution in [0.15, 0.2) is 41.3 Å². The fraction of sp³-hybridized carbons (Fsp3) is 0.286. The Balaban J connectivity index is 2.32. The van der Waals surface area contributed by atoms with Crippen molar-refractivity contribution < 1.29 is 28.6 Å². The van der Waals surface area contributed by atoms with Crippen molar-refractivity contribution in [2.24, 2.45) is 5.73 Å². The molecule has 0 heterocycles. The van der Waals surface area contributed by atoms with Crippen LogP contribution in [0.4, 0.5) is 0 Å². The van der Waals surface area contributed by atoms with Gasteiger partial charge in [0.25, 0.3) is 5.91 Å². The molecule has 9 heteroatoms. The van der Waals surface area contributed by atoms with Crippen molar-refractivity contribution in [3.63, 3.8) is 0 Å². The molecule has 0 aliphatic carbocycles. The summed E-state index contributed by atoms with van der Waals surface area (Å²) in [6.45, 7) is 1.74. The number of thioether (sulfide) groups is 1. The van der Waals surface area contributed by atoms with Gasteiger partial charge in [-0.05, 0) is 42.4 Å². The summed E-state index contributed by atoms with van der Waals surface area (Å²) in [5.74, 6) is -0.0394. The molecule has 0 saturated heterocycles. The Hall–Kier alpha value is -3.20. The molecule has 2 aromatic carbocycles. The van der Waals surface area contributed by atoms with E-state index in [2.05, 4.69) is 5.32 Å². The molecule has 0 aliphatic rings. The quantitative estimate of drug-likeness (QED) is 0.585. The topological polar surface area (TPSA) is 117 Å². The lowest BCUT2D eigenvalue weighted by Gasteiger charge is -2.15. The van der Waals surface area contributed by atoms with Gasteiger partial charge in [-0.3, -0.25) is 14.4 Å². The molecule has 0 spiro atoms. The van der Waals surface area contributed by atoms with Crippen molar-refractivity contribution in [3.05, 3.63) is 47.5 Å². The minimum atomic E-state index is -0.790. The standard InChI is InChI=1S/C21H24N2O6S/c1-5-14(19(22)24)23-20(25)13-8-6-7-9-17(13)30-21(26)12-10-15(27-2)18(29-4)16(11-12)28-3/h6-11,14H,5H2,1-4H3,(H2,22,24)(H,23,25)/t14-/m0/s1. The van der Waals surface area contributed by atoms with Crippen molar-refractivity contribution >= 4 is 28.7 Å². The van der Waals surface area contributed by atoms with Crippen molar-refractivity contribution in [1.29, 1.82) is 0 Å². The minimum Gasteiger partial charge on any atom is -0.493 e. The van der Waals surface area contributed by atoms with E-state index in [1.54, 1.807) is 43.3 Å². The Bertz CT molecular complexity index is 922. The Labute approximate surface area is 179 Å². The number of benzene rings is 2. The first kappa shape index (κ1) is 23.1. The van der Waals surface area contributed by atoms with Gasteiger partial charge in [0.1, 0.15) is 6.04 Å². The van der Waals surface area contributed by atoms with E-state index in [9.17, 15) is 14.4 Å². The average Bonchev–Trinajstić information content (AvgIpc) is 2.76. The zero-order valence-corrected chi connectivity index (χ0v) is 18.0. The van der Waals surface area contributed by atoms with Crippen LogP contribution in [-0.2, 0) is 4.79 Å². The molecular weight excluding hydrogens is 408 g/mol. The first-order valence-electron chi connectivity index (χ1n) is 9.07. The van der Waals surface area contributed by atoms with Crippen LogP contribution < -0.4 is 25.3 Å². The molecule has 0 aromatic heterocycles. The van der Waals surface area contributed by atoms with E-state index in [0.717, 1.165) is 11.8 Å². The number of rotatable bonds is 9. The number of carbonyl (C=O) groups is 3. The number of primary amides is 1. The zero-order chi connectivity index (χ0) is 22.3. The number of amides is 2. The van der Waals surface area contributed by atoms with E-state index in [4.69, 9.17) is 19.9 Å². The smallest absolute Gasteiger partial charge is 0.253 e. The maximum Gasteiger partial charge on any atom is 0.253 e. The van der Waals surface area contributed by atoms with E-state index >= 15 is 0 Å². The second kappa shape index (κ2) is 10.5. The van der Waals surface area contributed by atoms with Crippen LogP contribution in [0.5, 0.6) is 17.2 Å². The van der Waals surface area contributed by atoms with Crippen LogP contribution in [0.3, 0.4) is 0 Å². The van der Waals surface area contributed by atoms with E-state index in [0.29, 0.717) is 34.1 Å². The van der Waals surface area contributed by atoms with Gasteiger partial charge < -0.3 is 25.3 Å². The predicted molar refractivity (Wildman–Crippen MR) is 113 cm³/mol. The maximum atomic E-state index is 12.9. The molecule has 0 radical (unpaired) electrons. The lowest BCUT2D eigenvalue weighted by molar-refractivity contribution is -0.119. The lowest BCUT2D eigenvalue weighted by atomic mass is 10.1. The monoisotopic (exact) mass is 432 g/mol. The highest BCUT2D eigenvalue weighted by Gasteiger charge is 2.22. The summed E-state index contributed by atoms with van der Waals surface area (Å²) in [4.78, 5) is 37.4. The van der Waals surface area contributed by atoms with Crippen LogP contribution in [0, 0.1) is 0 Å². The molecule has 30 heavy (non-hydrogen) atoms. The van der Waals surface area contributed by atoms with Crippen LogP contribution >= 0.6 is 11.8 Å². The first-order valence-corrected chi connectivity index (χ1v) is 9.89. The largest absolute Gasteiger partial charge is 0.493 e. The molecule has 0 bridgehead atoms. The van der Waals surface area contributed by atoms with Crippen molar-refractivity contribution in [2.75, 3.05) is 21.3 Å². The molecule has 0 fully saturated rings. The van der Waals surface area contributed by atoms with Gasteiger partial charge in [0.15, 0.2) is 11.5 Å². The van der Waals surface area contributed by atoms with Crippen molar-refractivity contribution in [3.8, 4) is 17.2 Å². The normalized spacial score (nSPS) is 11.3. The molecule has 2 rings (SSSR count). The fourth-order valence-electron chi connectivity index (χ4n) is 2.71. The highest BCUT2D eigenvalue weighted by atomic mass is 32.2. The predicted octanol–water partition coefficient (Wildman–Crippen LogP) is 2.64. The molecule has 3 N–H and O–H groups in total. The third-order valence-corrected chi connectivity index (χ3v) is 5.29. The second-order valence-corrected chi connectivity index (χ2v) is 7.15. The molecule has 160 valence electrons. The third-order valence-electron chi connectivity index (χ3n) is 4.29. The van der Waals surface area contributed by atoms with Gasteiger partial charge in [-0.1, -0.05) is 19.1 Å². The number of hydrogen-bond donors (Lipinski definition) is 2. The number of carbonyl (C=O) groups excluding carboxylic acids is 3. The number of nitrogens with one attached hydrogen (secondary N) is 1. The summed E-state index contributed by atoms with van der Waals surface area (Å²) in [6, 6.07) is 8.91. The van der Waals surface area contributed by atoms with E-state index in [-0.39, 0.29) is 10.7 Å². The van der Waals surface area contributed by atoms with Gasteiger partial charge in [-0.25, -0.2) is 0 Å². The minimum absolute atomic E-state index is 0.267. The summed E-state index contributed by atoms with van der Waals surface area (Å²) in [5.41, 5.74) is 5.88. The summed E-state index contributed by atoms with van der Waals surface area (Å²) in [7, 11) is 4.39. The Morgan fingerprint density at radius 2 is 1.63 bits per heavy atom. The summed E-state index contributed by atoms with van der Waals surface area (Å²) in [6.07, 6.45) is 0.362. The first-order chi connectivity index (χ1) is 14.4. The lowest BCUT2D eigenvalue weighted by Crippen LogP contribution is -2.44. The maximum absolute atomic E-state index is 12.9. The van der Waals surface area contributed by atoms with Crippen LogP contribution in [0.1, 0.15) is 34.1 Å². The van der Waals surface area contributed by atoms with Gasteiger partial charge in [-0.15, -0.1) is 0 Å². The molecule has 1 atom stereocenters. The molecule has 2 amide bonds. The van der Waals surface area contributed by atoms with Gasteiger partial charge in [0, 0.05) is 10.5 Å². The van der Waals surface area contributed by atoms with Crippen LogP contribution in [0.25, 0.3) is 0 Å². The van der Waals surface area contributed by atoms with Crippen molar-refractivity contribution in [1.82, 2.24) is 5.32 Å². The number of methoxy groups -OCH3 is 3. The molecular formula is C21H24N2O6S. The highest BCUT2D eigenvalue weighted by Crippen LogP contribution is 2.39. The fourth-order valence-corrected chi connectivity index (χ4v) is 3.56. The van der Waals surface area contributed by atoms with Gasteiger partial charge in [0.2, 0.25) is 16.8 Å². The Morgan fingerprint density at radius 3 is 2.13 bits per heavy atom. The van der Waals surface area contributed by atoms with Gasteiger partial charge in [0.05, 0.1) is 26.9 Å². The van der Waals surface area contributed by atoms with E-state index in [1.807, 2.05) is 0 Å². The Kier molecular flexibility index (Phi) is 8.11. The summed E-state index contributed by atoms with van der Waals surface area (Å²) in [5, 5.41) is 2.27. The molecule has 8 nitrogen and oxygen atoms in total. The van der Waals surface area contributed by atoms with Crippen molar-refractivity contribution in [2.45, 2.75) is 24.3 Å². The number of nitrogens with two attached hydrogens (primary N) is 1. The summed E-state index contributed by atoms with van der Waals surface area (Å²) >= 11 is 0.879. The highest BCUT2D eigenvalue weighted by molar-refractivity contribution is 8.14. The summed E-state index contributed by atoms with van der Waals surface area (Å²) < 4.78 is 15.8. The average molecular weight is 432 g/mol. The molecule has 0 unspecified atom stereocenters. The number of hydrogen-bond acceptors (Lipinski definition) is 7. The Morgan fingerprint density at radius 1 is 1.03 bits per heavy atom. The SMILES string of the molecule is CC[C@H](NC(=O)c1ccccc1SC(=O)c1cc(OC)c(OC)c(OC)c1)C(N)=O. The molecule has 2 aromatic rings. The van der Waals surface area contributed by atoms with Gasteiger partial charge in [-0.2, -0.15) is 0 Å². The molecule has 0 aliphatic heterocycles. The van der Waals surface area contributed by atoms with E-state index in [1.165, 1.54) is 21.3 Å². The number of ether oxygens (including phenoxy) is 3. The van der Waals surface area contributed by atoms with E-state index < -0.39 is 17.9 Å². The third kappa shape index (κ3) is 5.24. The second-order valence-electron chi connectivity index (χ2n) is 6.14. The zero-order valence-electron chi connectivity index (χ0n) is 17.2. The molecule has 0 saturated carbocycles.